The molecule has 0 amide bonds. The zero-order valence-electron chi connectivity index (χ0n) is 18.0. The summed E-state index contributed by atoms with van der Waals surface area (Å²) in [6.07, 6.45) is -4.54. The van der Waals surface area contributed by atoms with Crippen molar-refractivity contribution in [2.45, 2.75) is 22.9 Å². The number of likely N-dealkylation sites (tertiary alicyclic amines) is 1. The van der Waals surface area contributed by atoms with Gasteiger partial charge in [0.25, 0.3) is 10.0 Å². The number of ether oxygens (including phenoxy) is 1. The van der Waals surface area contributed by atoms with E-state index in [4.69, 9.17) is 39.5 Å². The van der Waals surface area contributed by atoms with Crippen LogP contribution >= 0.6 is 46.1 Å². The average molecular weight is 586 g/mol. The SMILES string of the molecule is CN1CC[C@@H](Oc2cc(NS(=O)(=O)c3scc(-c4ccc(Cl)c(Cl)c4)c3Cl)ccc2C(F)(F)F)C1. The van der Waals surface area contributed by atoms with Crippen molar-refractivity contribution in [3.05, 3.63) is 62.4 Å². The topological polar surface area (TPSA) is 58.6 Å². The van der Waals surface area contributed by atoms with Crippen LogP contribution in [-0.2, 0) is 16.2 Å². The Morgan fingerprint density at radius 2 is 1.86 bits per heavy atom. The highest BCUT2D eigenvalue weighted by atomic mass is 35.5. The Bertz CT molecular complexity index is 1360. The van der Waals surface area contributed by atoms with E-state index >= 15 is 0 Å². The van der Waals surface area contributed by atoms with Crippen LogP contribution in [-0.4, -0.2) is 39.6 Å². The van der Waals surface area contributed by atoms with Crippen LogP contribution in [0.2, 0.25) is 15.1 Å². The molecule has 1 fully saturated rings. The van der Waals surface area contributed by atoms with Gasteiger partial charge in [-0.05, 0) is 43.3 Å². The Hall–Kier alpha value is -1.69. The van der Waals surface area contributed by atoms with Crippen LogP contribution in [0.25, 0.3) is 11.1 Å². The van der Waals surface area contributed by atoms with Gasteiger partial charge in [-0.2, -0.15) is 13.2 Å². The number of nitrogens with one attached hydrogen (secondary N) is 1. The molecule has 2 aromatic carbocycles. The second kappa shape index (κ2) is 9.99. The van der Waals surface area contributed by atoms with Crippen LogP contribution in [0.4, 0.5) is 18.9 Å². The van der Waals surface area contributed by atoms with Gasteiger partial charge >= 0.3 is 6.18 Å². The Balaban J connectivity index is 1.63. The molecule has 0 aliphatic carbocycles. The third-order valence-corrected chi connectivity index (χ3v) is 9.63. The van der Waals surface area contributed by atoms with E-state index in [2.05, 4.69) is 4.72 Å². The Morgan fingerprint density at radius 3 is 2.49 bits per heavy atom. The first-order valence-electron chi connectivity index (χ1n) is 10.2. The molecule has 0 radical (unpaired) electrons. The molecule has 0 saturated carbocycles. The van der Waals surface area contributed by atoms with E-state index in [1.165, 1.54) is 0 Å². The van der Waals surface area contributed by atoms with Crippen LogP contribution in [0, 0.1) is 0 Å². The van der Waals surface area contributed by atoms with E-state index in [-0.39, 0.29) is 19.9 Å². The maximum atomic E-state index is 13.5. The zero-order chi connectivity index (χ0) is 25.5. The molecule has 35 heavy (non-hydrogen) atoms. The number of anilines is 1. The van der Waals surface area contributed by atoms with E-state index in [0.717, 1.165) is 29.5 Å². The van der Waals surface area contributed by atoms with Crippen LogP contribution < -0.4 is 9.46 Å². The molecule has 13 heteroatoms. The predicted molar refractivity (Wildman–Crippen MR) is 134 cm³/mol. The Morgan fingerprint density at radius 1 is 1.11 bits per heavy atom. The van der Waals surface area contributed by atoms with Crippen molar-refractivity contribution >= 4 is 61.9 Å². The molecule has 3 aromatic rings. The second-order valence-electron chi connectivity index (χ2n) is 7.98. The molecule has 4 rings (SSSR count). The van der Waals surface area contributed by atoms with Crippen LogP contribution in [0.3, 0.4) is 0 Å². The molecule has 0 spiro atoms. The first-order chi connectivity index (χ1) is 16.3. The minimum atomic E-state index is -4.66. The number of hydrogen-bond donors (Lipinski definition) is 1. The van der Waals surface area contributed by atoms with E-state index in [1.807, 2.05) is 11.9 Å². The lowest BCUT2D eigenvalue weighted by atomic mass is 10.1. The Labute approximate surface area is 219 Å². The van der Waals surface area contributed by atoms with Crippen molar-refractivity contribution in [1.29, 1.82) is 0 Å². The maximum absolute atomic E-state index is 13.5. The molecule has 1 saturated heterocycles. The summed E-state index contributed by atoms with van der Waals surface area (Å²) in [4.78, 5) is 1.94. The molecule has 1 aliphatic rings. The number of hydrogen-bond acceptors (Lipinski definition) is 5. The highest BCUT2D eigenvalue weighted by Crippen LogP contribution is 2.42. The average Bonchev–Trinajstić information content (AvgIpc) is 3.34. The summed E-state index contributed by atoms with van der Waals surface area (Å²) in [5.41, 5.74) is -0.0720. The standard InChI is InChI=1S/C22H18Cl3F3N2O3S2/c1-30-7-6-14(10-30)33-19-9-13(3-4-16(19)22(26,27)28)29-35(31,32)21-20(25)15(11-34-21)12-2-5-17(23)18(24)8-12/h2-5,8-9,11,14,29H,6-7,10H2,1H3/t14-/m1/s1. The highest BCUT2D eigenvalue weighted by Gasteiger charge is 2.36. The van der Waals surface area contributed by atoms with E-state index in [1.54, 1.807) is 23.6 Å². The number of thiophene rings is 1. The third-order valence-electron chi connectivity index (χ3n) is 5.36. The Kier molecular flexibility index (Phi) is 7.53. The summed E-state index contributed by atoms with van der Waals surface area (Å²) >= 11 is 19.2. The van der Waals surface area contributed by atoms with E-state index in [9.17, 15) is 21.6 Å². The smallest absolute Gasteiger partial charge is 0.419 e. The molecular weight excluding hydrogens is 568 g/mol. The monoisotopic (exact) mass is 584 g/mol. The molecule has 1 aliphatic heterocycles. The number of rotatable bonds is 6. The van der Waals surface area contributed by atoms with Gasteiger partial charge in [0.1, 0.15) is 11.9 Å². The van der Waals surface area contributed by atoms with Crippen molar-refractivity contribution in [3.8, 4) is 16.9 Å². The summed E-state index contributed by atoms with van der Waals surface area (Å²) in [5, 5.41) is 2.12. The van der Waals surface area contributed by atoms with E-state index < -0.39 is 33.6 Å². The summed E-state index contributed by atoms with van der Waals surface area (Å²) in [7, 11) is -2.38. The molecule has 5 nitrogen and oxygen atoms in total. The number of sulfonamides is 1. The predicted octanol–water partition coefficient (Wildman–Crippen LogP) is 7.28. The summed E-state index contributed by atoms with van der Waals surface area (Å²) < 4.78 is 74.5. The lowest BCUT2D eigenvalue weighted by Crippen LogP contribution is -2.23. The molecule has 188 valence electrons. The van der Waals surface area contributed by atoms with Crippen molar-refractivity contribution in [1.82, 2.24) is 4.90 Å². The van der Waals surface area contributed by atoms with Crippen molar-refractivity contribution in [2.24, 2.45) is 0 Å². The minimum Gasteiger partial charge on any atom is -0.488 e. The van der Waals surface area contributed by atoms with Crippen molar-refractivity contribution < 1.29 is 26.3 Å². The van der Waals surface area contributed by atoms with Crippen LogP contribution in [0.1, 0.15) is 12.0 Å². The fourth-order valence-corrected chi connectivity index (χ4v) is 6.96. The lowest BCUT2D eigenvalue weighted by Gasteiger charge is -2.19. The fourth-order valence-electron chi connectivity index (χ4n) is 3.65. The highest BCUT2D eigenvalue weighted by molar-refractivity contribution is 7.94. The number of benzene rings is 2. The summed E-state index contributed by atoms with van der Waals surface area (Å²) in [5.74, 6) is -0.438. The van der Waals surface area contributed by atoms with Gasteiger partial charge in [0.15, 0.2) is 4.21 Å². The quantitative estimate of drug-likeness (QED) is 0.330. The van der Waals surface area contributed by atoms with Gasteiger partial charge in [-0.25, -0.2) is 8.42 Å². The van der Waals surface area contributed by atoms with Gasteiger partial charge in [0, 0.05) is 30.1 Å². The molecule has 1 N–H and O–H groups in total. The van der Waals surface area contributed by atoms with E-state index in [0.29, 0.717) is 35.7 Å². The molecule has 0 unspecified atom stereocenters. The number of halogens is 6. The molecule has 1 aromatic heterocycles. The van der Waals surface area contributed by atoms with Gasteiger partial charge in [0.05, 0.1) is 26.3 Å². The summed E-state index contributed by atoms with van der Waals surface area (Å²) in [6.45, 7) is 1.16. The second-order valence-corrected chi connectivity index (χ2v) is 11.9. The summed E-state index contributed by atoms with van der Waals surface area (Å²) in [6, 6.07) is 7.64. The van der Waals surface area contributed by atoms with Crippen molar-refractivity contribution in [3.63, 3.8) is 0 Å². The van der Waals surface area contributed by atoms with Crippen LogP contribution in [0.5, 0.6) is 5.75 Å². The molecule has 0 bridgehead atoms. The van der Waals surface area contributed by atoms with Gasteiger partial charge < -0.3 is 9.64 Å². The largest absolute Gasteiger partial charge is 0.488 e. The zero-order valence-corrected chi connectivity index (χ0v) is 21.9. The number of likely N-dealkylation sites (N-methyl/N-ethyl adjacent to an activating group) is 1. The lowest BCUT2D eigenvalue weighted by molar-refractivity contribution is -0.139. The molecule has 2 heterocycles. The van der Waals surface area contributed by atoms with Gasteiger partial charge in [-0.15, -0.1) is 11.3 Å². The van der Waals surface area contributed by atoms with Gasteiger partial charge in [-0.3, -0.25) is 4.72 Å². The van der Waals surface area contributed by atoms with Gasteiger partial charge in [-0.1, -0.05) is 40.9 Å². The number of alkyl halides is 3. The third kappa shape index (κ3) is 5.84. The van der Waals surface area contributed by atoms with Gasteiger partial charge in [0.2, 0.25) is 0 Å². The fraction of sp³-hybridized carbons (Fsp3) is 0.273. The minimum absolute atomic E-state index is 0.0433. The van der Waals surface area contributed by atoms with Crippen LogP contribution in [0.15, 0.2) is 46.0 Å². The maximum Gasteiger partial charge on any atom is 0.419 e. The first kappa shape index (κ1) is 26.4. The normalized spacial score (nSPS) is 17.1. The molecular formula is C22H18Cl3F3N2O3S2. The molecule has 1 atom stereocenters. The first-order valence-corrected chi connectivity index (χ1v) is 13.7. The van der Waals surface area contributed by atoms with Crippen molar-refractivity contribution in [2.75, 3.05) is 24.9 Å². The number of nitrogens with zero attached hydrogens (tertiary/aromatic N) is 1.